The van der Waals surface area contributed by atoms with Crippen LogP contribution in [0.1, 0.15) is 69.3 Å². The molecule has 1 aliphatic rings. The number of nitrogens with zero attached hydrogens (tertiary/aromatic N) is 3. The molecule has 20 heavy (non-hydrogen) atoms. The summed E-state index contributed by atoms with van der Waals surface area (Å²) in [5.41, 5.74) is 0. The third-order valence-electron chi connectivity index (χ3n) is 3.80. The van der Waals surface area contributed by atoms with Crippen molar-refractivity contribution in [3.63, 3.8) is 0 Å². The smallest absolute Gasteiger partial charge is 0.293 e. The maximum atomic E-state index is 12.7. The van der Waals surface area contributed by atoms with E-state index in [1.54, 1.807) is 0 Å². The molecule has 5 nitrogen and oxygen atoms in total. The Labute approximate surface area is 121 Å². The van der Waals surface area contributed by atoms with Crippen molar-refractivity contribution in [2.75, 3.05) is 6.54 Å². The van der Waals surface area contributed by atoms with E-state index in [4.69, 9.17) is 0 Å². The van der Waals surface area contributed by atoms with Crippen molar-refractivity contribution in [2.24, 2.45) is 5.92 Å². The molecule has 1 heterocycles. The molecule has 0 bridgehead atoms. The van der Waals surface area contributed by atoms with Gasteiger partial charge in [0.25, 0.3) is 5.91 Å². The molecule has 1 aliphatic carbocycles. The molecule has 1 saturated carbocycles. The molecular weight excluding hydrogens is 252 g/mol. The van der Waals surface area contributed by atoms with Gasteiger partial charge in [-0.05, 0) is 25.2 Å². The lowest BCUT2D eigenvalue weighted by molar-refractivity contribution is 0.0643. The summed E-state index contributed by atoms with van der Waals surface area (Å²) in [4.78, 5) is 19.0. The van der Waals surface area contributed by atoms with Crippen molar-refractivity contribution in [3.05, 3.63) is 11.6 Å². The highest BCUT2D eigenvalue weighted by atomic mass is 16.2. The molecule has 0 atom stereocenters. The second kappa shape index (κ2) is 6.86. The zero-order valence-corrected chi connectivity index (χ0v) is 12.9. The van der Waals surface area contributed by atoms with E-state index < -0.39 is 0 Å². The van der Waals surface area contributed by atoms with E-state index in [2.05, 4.69) is 36.0 Å². The third kappa shape index (κ3) is 3.58. The van der Waals surface area contributed by atoms with E-state index in [9.17, 15) is 4.79 Å². The predicted octanol–water partition coefficient (Wildman–Crippen LogP) is 2.80. The molecule has 0 aliphatic heterocycles. The number of aromatic nitrogens is 3. The number of carbonyl (C=O) groups excluding carboxylic acids is 1. The minimum Gasteiger partial charge on any atom is -0.333 e. The maximum Gasteiger partial charge on any atom is 0.293 e. The highest BCUT2D eigenvalue weighted by molar-refractivity contribution is 5.90. The molecule has 0 aromatic carbocycles. The second-order valence-corrected chi connectivity index (χ2v) is 6.15. The predicted molar refractivity (Wildman–Crippen MR) is 78.5 cm³/mol. The van der Waals surface area contributed by atoms with Crippen molar-refractivity contribution in [1.82, 2.24) is 20.1 Å². The van der Waals surface area contributed by atoms with Crippen LogP contribution in [-0.2, 0) is 6.42 Å². The summed E-state index contributed by atoms with van der Waals surface area (Å²) in [5, 5.41) is 6.98. The Morgan fingerprint density at radius 2 is 2.10 bits per heavy atom. The second-order valence-electron chi connectivity index (χ2n) is 6.15. The van der Waals surface area contributed by atoms with Crippen LogP contribution in [0.4, 0.5) is 0 Å². The Bertz CT molecular complexity index is 435. The number of hydrogen-bond donors (Lipinski definition) is 1. The normalized spacial score (nSPS) is 16.0. The fourth-order valence-corrected chi connectivity index (χ4v) is 2.88. The fraction of sp³-hybridized carbons (Fsp3) is 0.800. The number of aryl methyl sites for hydroxylation is 1. The first-order valence-electron chi connectivity index (χ1n) is 7.84. The molecule has 1 fully saturated rings. The third-order valence-corrected chi connectivity index (χ3v) is 3.80. The Balaban J connectivity index is 2.11. The quantitative estimate of drug-likeness (QED) is 0.870. The maximum absolute atomic E-state index is 12.7. The zero-order chi connectivity index (χ0) is 14.5. The van der Waals surface area contributed by atoms with Crippen LogP contribution in [0.2, 0.25) is 0 Å². The van der Waals surface area contributed by atoms with Gasteiger partial charge in [-0.1, -0.05) is 33.6 Å². The standard InChI is InChI=1S/C15H26N4O/c1-4-7-13-16-14(18-17-13)15(20)19(10-11(2)3)12-8-5-6-9-12/h11-12H,4-10H2,1-3H3,(H,16,17,18). The molecule has 0 radical (unpaired) electrons. The lowest BCUT2D eigenvalue weighted by atomic mass is 10.1. The van der Waals surface area contributed by atoms with Crippen LogP contribution in [0.25, 0.3) is 0 Å². The van der Waals surface area contributed by atoms with Crippen LogP contribution in [-0.4, -0.2) is 38.6 Å². The van der Waals surface area contributed by atoms with Gasteiger partial charge < -0.3 is 4.90 Å². The number of hydrogen-bond acceptors (Lipinski definition) is 3. The number of carbonyl (C=O) groups is 1. The molecule has 2 rings (SSSR count). The van der Waals surface area contributed by atoms with Gasteiger partial charge in [0.2, 0.25) is 5.82 Å². The van der Waals surface area contributed by atoms with Crippen molar-refractivity contribution in [2.45, 2.75) is 65.3 Å². The molecule has 1 amide bonds. The van der Waals surface area contributed by atoms with Gasteiger partial charge in [-0.3, -0.25) is 9.89 Å². The average molecular weight is 278 g/mol. The summed E-state index contributed by atoms with van der Waals surface area (Å²) in [6, 6.07) is 0.373. The Kier molecular flexibility index (Phi) is 5.15. The Morgan fingerprint density at radius 1 is 1.40 bits per heavy atom. The number of H-pyrrole nitrogens is 1. The highest BCUT2D eigenvalue weighted by Gasteiger charge is 2.29. The Morgan fingerprint density at radius 3 is 2.70 bits per heavy atom. The van der Waals surface area contributed by atoms with Crippen molar-refractivity contribution < 1.29 is 4.79 Å². The van der Waals surface area contributed by atoms with E-state index in [1.165, 1.54) is 12.8 Å². The van der Waals surface area contributed by atoms with Crippen LogP contribution in [0, 0.1) is 5.92 Å². The van der Waals surface area contributed by atoms with E-state index in [-0.39, 0.29) is 5.91 Å². The first-order chi connectivity index (χ1) is 9.61. The molecular formula is C15H26N4O. The van der Waals surface area contributed by atoms with Crippen LogP contribution in [0.5, 0.6) is 0 Å². The number of amides is 1. The van der Waals surface area contributed by atoms with Gasteiger partial charge in [0.1, 0.15) is 5.82 Å². The van der Waals surface area contributed by atoms with Crippen LogP contribution in [0.3, 0.4) is 0 Å². The average Bonchev–Trinajstić information content (AvgIpc) is 3.06. The number of nitrogens with one attached hydrogen (secondary N) is 1. The van der Waals surface area contributed by atoms with Gasteiger partial charge in [-0.25, -0.2) is 4.98 Å². The molecule has 0 spiro atoms. The minimum absolute atomic E-state index is 0.01000. The minimum atomic E-state index is -0.01000. The highest BCUT2D eigenvalue weighted by Crippen LogP contribution is 2.25. The van der Waals surface area contributed by atoms with Crippen molar-refractivity contribution in [1.29, 1.82) is 0 Å². The molecule has 112 valence electrons. The van der Waals surface area contributed by atoms with E-state index in [1.807, 2.05) is 4.90 Å². The molecule has 1 N–H and O–H groups in total. The van der Waals surface area contributed by atoms with E-state index in [0.717, 1.165) is 38.1 Å². The van der Waals surface area contributed by atoms with Crippen molar-refractivity contribution >= 4 is 5.91 Å². The van der Waals surface area contributed by atoms with Gasteiger partial charge in [-0.15, -0.1) is 5.10 Å². The summed E-state index contributed by atoms with van der Waals surface area (Å²) in [6.07, 6.45) is 6.52. The summed E-state index contributed by atoms with van der Waals surface area (Å²) in [5.74, 6) is 1.60. The van der Waals surface area contributed by atoms with E-state index in [0.29, 0.717) is 17.8 Å². The summed E-state index contributed by atoms with van der Waals surface area (Å²) >= 11 is 0. The lowest BCUT2D eigenvalue weighted by Crippen LogP contribution is -2.41. The first kappa shape index (κ1) is 15.0. The first-order valence-corrected chi connectivity index (χ1v) is 7.84. The molecule has 1 aromatic heterocycles. The summed E-state index contributed by atoms with van der Waals surface area (Å²) in [7, 11) is 0. The number of aromatic amines is 1. The topological polar surface area (TPSA) is 61.9 Å². The van der Waals surface area contributed by atoms with Crippen LogP contribution < -0.4 is 0 Å². The van der Waals surface area contributed by atoms with Crippen molar-refractivity contribution in [3.8, 4) is 0 Å². The lowest BCUT2D eigenvalue weighted by Gasteiger charge is -2.29. The van der Waals surface area contributed by atoms with Gasteiger partial charge in [0.05, 0.1) is 0 Å². The number of rotatable bonds is 6. The largest absolute Gasteiger partial charge is 0.333 e. The molecule has 0 saturated heterocycles. The van der Waals surface area contributed by atoms with Gasteiger partial charge in [0, 0.05) is 19.0 Å². The fourth-order valence-electron chi connectivity index (χ4n) is 2.88. The van der Waals surface area contributed by atoms with Crippen LogP contribution in [0.15, 0.2) is 0 Å². The molecule has 0 unspecified atom stereocenters. The van der Waals surface area contributed by atoms with Crippen LogP contribution >= 0.6 is 0 Å². The van der Waals surface area contributed by atoms with E-state index >= 15 is 0 Å². The summed E-state index contributed by atoms with van der Waals surface area (Å²) in [6.45, 7) is 7.18. The SMILES string of the molecule is CCCc1nc(C(=O)N(CC(C)C)C2CCCC2)n[nH]1. The van der Waals surface area contributed by atoms with Gasteiger partial charge >= 0.3 is 0 Å². The monoisotopic (exact) mass is 278 g/mol. The van der Waals surface area contributed by atoms with Gasteiger partial charge in [0.15, 0.2) is 0 Å². The molecule has 1 aromatic rings. The summed E-state index contributed by atoms with van der Waals surface area (Å²) < 4.78 is 0. The van der Waals surface area contributed by atoms with Gasteiger partial charge in [-0.2, -0.15) is 0 Å². The molecule has 5 heteroatoms. The zero-order valence-electron chi connectivity index (χ0n) is 12.9. The Hall–Kier alpha value is -1.39.